The van der Waals surface area contributed by atoms with E-state index in [2.05, 4.69) is 11.4 Å². The molecule has 1 N–H and O–H groups in total. The molecule has 0 saturated carbocycles. The third kappa shape index (κ3) is 4.13. The van der Waals surface area contributed by atoms with Crippen LogP contribution in [-0.2, 0) is 0 Å². The minimum Gasteiger partial charge on any atom is -0.310 e. The van der Waals surface area contributed by atoms with Gasteiger partial charge in [0.25, 0.3) is 0 Å². The Morgan fingerprint density at radius 3 is 2.84 bits per heavy atom. The molecule has 1 aromatic carbocycles. The standard InChI is InChI=1S/C16H21F2N/c1-12(15-11-14(17)7-8-16(15)18)19-10-9-13-5-3-2-4-6-13/h5,7-8,11-12,19H,2-4,6,9-10H2,1H3. The van der Waals surface area contributed by atoms with Crippen LogP contribution < -0.4 is 5.32 Å². The van der Waals surface area contributed by atoms with Gasteiger partial charge in [-0.15, -0.1) is 0 Å². The van der Waals surface area contributed by atoms with E-state index in [-0.39, 0.29) is 17.7 Å². The maximum Gasteiger partial charge on any atom is 0.128 e. The zero-order valence-electron chi connectivity index (χ0n) is 11.4. The molecule has 2 rings (SSSR count). The van der Waals surface area contributed by atoms with E-state index in [4.69, 9.17) is 0 Å². The maximum absolute atomic E-state index is 13.6. The van der Waals surface area contributed by atoms with Gasteiger partial charge in [0.1, 0.15) is 11.6 Å². The van der Waals surface area contributed by atoms with Crippen LogP contribution in [-0.4, -0.2) is 6.54 Å². The molecule has 0 bridgehead atoms. The first-order chi connectivity index (χ1) is 9.16. The van der Waals surface area contributed by atoms with E-state index in [0.717, 1.165) is 19.0 Å². The van der Waals surface area contributed by atoms with Crippen molar-refractivity contribution >= 4 is 0 Å². The zero-order valence-corrected chi connectivity index (χ0v) is 11.4. The minimum atomic E-state index is -0.389. The lowest BCUT2D eigenvalue weighted by Gasteiger charge is -2.17. The molecule has 104 valence electrons. The van der Waals surface area contributed by atoms with Gasteiger partial charge in [-0.25, -0.2) is 8.78 Å². The van der Waals surface area contributed by atoms with Crippen LogP contribution in [0.3, 0.4) is 0 Å². The molecule has 19 heavy (non-hydrogen) atoms. The summed E-state index contributed by atoms with van der Waals surface area (Å²) >= 11 is 0. The Hall–Kier alpha value is -1.22. The lowest BCUT2D eigenvalue weighted by atomic mass is 9.97. The summed E-state index contributed by atoms with van der Waals surface area (Å²) in [5.41, 5.74) is 1.89. The van der Waals surface area contributed by atoms with Crippen molar-refractivity contribution < 1.29 is 8.78 Å². The van der Waals surface area contributed by atoms with Crippen LogP contribution >= 0.6 is 0 Å². The summed E-state index contributed by atoms with van der Waals surface area (Å²) in [4.78, 5) is 0. The molecule has 3 heteroatoms. The van der Waals surface area contributed by atoms with E-state index in [1.54, 1.807) is 0 Å². The van der Waals surface area contributed by atoms with Gasteiger partial charge in [0.2, 0.25) is 0 Å². The summed E-state index contributed by atoms with van der Waals surface area (Å²) in [6.45, 7) is 2.68. The van der Waals surface area contributed by atoms with Crippen LogP contribution in [0.4, 0.5) is 8.78 Å². The highest BCUT2D eigenvalue weighted by atomic mass is 19.1. The number of halogens is 2. The topological polar surface area (TPSA) is 12.0 Å². The van der Waals surface area contributed by atoms with E-state index in [9.17, 15) is 8.78 Å². The molecular formula is C16H21F2N. The third-order valence-electron chi connectivity index (χ3n) is 3.71. The van der Waals surface area contributed by atoms with Gasteiger partial charge in [-0.05, 0) is 63.8 Å². The van der Waals surface area contributed by atoms with Gasteiger partial charge < -0.3 is 5.32 Å². The van der Waals surface area contributed by atoms with Gasteiger partial charge in [-0.1, -0.05) is 11.6 Å². The second kappa shape index (κ2) is 6.80. The molecule has 0 amide bonds. The second-order valence-corrected chi connectivity index (χ2v) is 5.20. The summed E-state index contributed by atoms with van der Waals surface area (Å²) in [6.07, 6.45) is 8.26. The van der Waals surface area contributed by atoms with Gasteiger partial charge in [0.15, 0.2) is 0 Å². The highest BCUT2D eigenvalue weighted by molar-refractivity contribution is 5.21. The van der Waals surface area contributed by atoms with Gasteiger partial charge in [0.05, 0.1) is 0 Å². The first-order valence-electron chi connectivity index (χ1n) is 7.03. The average Bonchev–Trinajstić information content (AvgIpc) is 2.42. The van der Waals surface area contributed by atoms with E-state index in [1.807, 2.05) is 6.92 Å². The molecule has 0 heterocycles. The van der Waals surface area contributed by atoms with E-state index in [0.29, 0.717) is 5.56 Å². The molecule has 0 fully saturated rings. The van der Waals surface area contributed by atoms with Crippen LogP contribution in [0.25, 0.3) is 0 Å². The van der Waals surface area contributed by atoms with Crippen LogP contribution in [0.5, 0.6) is 0 Å². The molecule has 0 saturated heterocycles. The first-order valence-corrected chi connectivity index (χ1v) is 7.03. The number of benzene rings is 1. The SMILES string of the molecule is CC(NCCC1=CCCCC1)c1cc(F)ccc1F. The average molecular weight is 265 g/mol. The van der Waals surface area contributed by atoms with Crippen molar-refractivity contribution in [3.63, 3.8) is 0 Å². The fourth-order valence-electron chi connectivity index (χ4n) is 2.54. The van der Waals surface area contributed by atoms with Gasteiger partial charge in [0, 0.05) is 11.6 Å². The Balaban J connectivity index is 1.85. The van der Waals surface area contributed by atoms with E-state index in [1.165, 1.54) is 43.4 Å². The van der Waals surface area contributed by atoms with Crippen LogP contribution in [0.1, 0.15) is 50.6 Å². The Labute approximate surface area is 113 Å². The highest BCUT2D eigenvalue weighted by Crippen LogP contribution is 2.21. The Kier molecular flexibility index (Phi) is 5.08. The van der Waals surface area contributed by atoms with Crippen LogP contribution in [0.15, 0.2) is 29.8 Å². The van der Waals surface area contributed by atoms with Gasteiger partial charge in [-0.2, -0.15) is 0 Å². The van der Waals surface area contributed by atoms with Crippen LogP contribution in [0, 0.1) is 11.6 Å². The number of nitrogens with one attached hydrogen (secondary N) is 1. The maximum atomic E-state index is 13.6. The van der Waals surface area contributed by atoms with Crippen molar-refractivity contribution in [2.45, 2.75) is 45.1 Å². The lowest BCUT2D eigenvalue weighted by molar-refractivity contribution is 0.516. The Bertz CT molecular complexity index is 454. The molecule has 1 aliphatic carbocycles. The fourth-order valence-corrected chi connectivity index (χ4v) is 2.54. The zero-order chi connectivity index (χ0) is 13.7. The van der Waals surface area contributed by atoms with E-state index < -0.39 is 0 Å². The molecule has 1 unspecified atom stereocenters. The van der Waals surface area contributed by atoms with Crippen molar-refractivity contribution in [3.05, 3.63) is 47.0 Å². The van der Waals surface area contributed by atoms with Gasteiger partial charge in [-0.3, -0.25) is 0 Å². The summed E-state index contributed by atoms with van der Waals surface area (Å²) in [5.74, 6) is -0.738. The molecule has 1 aliphatic rings. The van der Waals surface area contributed by atoms with Crippen molar-refractivity contribution in [2.75, 3.05) is 6.54 Å². The van der Waals surface area contributed by atoms with E-state index >= 15 is 0 Å². The molecule has 1 aromatic rings. The largest absolute Gasteiger partial charge is 0.310 e. The number of hydrogen-bond acceptors (Lipinski definition) is 1. The van der Waals surface area contributed by atoms with Crippen molar-refractivity contribution in [2.24, 2.45) is 0 Å². The summed E-state index contributed by atoms with van der Waals surface area (Å²) in [5, 5.41) is 3.27. The van der Waals surface area contributed by atoms with Crippen molar-refractivity contribution in [1.82, 2.24) is 5.32 Å². The monoisotopic (exact) mass is 265 g/mol. The quantitative estimate of drug-likeness (QED) is 0.773. The normalized spacial score (nSPS) is 17.1. The molecule has 1 atom stereocenters. The fraction of sp³-hybridized carbons (Fsp3) is 0.500. The minimum absolute atomic E-state index is 0.167. The predicted octanol–water partition coefficient (Wildman–Crippen LogP) is 4.51. The van der Waals surface area contributed by atoms with Crippen molar-refractivity contribution in [1.29, 1.82) is 0 Å². The number of rotatable bonds is 5. The molecule has 0 spiro atoms. The Morgan fingerprint density at radius 2 is 2.11 bits per heavy atom. The van der Waals surface area contributed by atoms with Crippen molar-refractivity contribution in [3.8, 4) is 0 Å². The molecule has 0 aromatic heterocycles. The molecule has 1 nitrogen and oxygen atoms in total. The predicted molar refractivity (Wildman–Crippen MR) is 73.9 cm³/mol. The van der Waals surface area contributed by atoms with Crippen LogP contribution in [0.2, 0.25) is 0 Å². The number of hydrogen-bond donors (Lipinski definition) is 1. The highest BCUT2D eigenvalue weighted by Gasteiger charge is 2.11. The third-order valence-corrected chi connectivity index (χ3v) is 3.71. The second-order valence-electron chi connectivity index (χ2n) is 5.20. The number of allylic oxidation sites excluding steroid dienone is 1. The summed E-state index contributed by atoms with van der Waals surface area (Å²) in [6, 6.07) is 3.44. The summed E-state index contributed by atoms with van der Waals surface area (Å²) in [7, 11) is 0. The van der Waals surface area contributed by atoms with Gasteiger partial charge >= 0.3 is 0 Å². The molecular weight excluding hydrogens is 244 g/mol. The Morgan fingerprint density at radius 1 is 1.26 bits per heavy atom. The first kappa shape index (κ1) is 14.2. The molecule has 0 radical (unpaired) electrons. The summed E-state index contributed by atoms with van der Waals surface area (Å²) < 4.78 is 26.7. The smallest absolute Gasteiger partial charge is 0.128 e. The molecule has 0 aliphatic heterocycles. The lowest BCUT2D eigenvalue weighted by Crippen LogP contribution is -2.21.